The van der Waals surface area contributed by atoms with Crippen molar-refractivity contribution in [1.29, 1.82) is 0 Å². The summed E-state index contributed by atoms with van der Waals surface area (Å²) in [5.74, 6) is 0.626. The van der Waals surface area contributed by atoms with Crippen LogP contribution in [0.15, 0.2) is 24.3 Å². The number of ether oxygens (including phenoxy) is 1. The molecular formula is C17H18N4O3S. The Balaban J connectivity index is 1.40. The van der Waals surface area contributed by atoms with Crippen molar-refractivity contribution in [2.24, 2.45) is 5.92 Å². The van der Waals surface area contributed by atoms with Crippen molar-refractivity contribution in [3.63, 3.8) is 0 Å². The molecule has 1 N–H and O–H groups in total. The molecule has 8 heteroatoms. The highest BCUT2D eigenvalue weighted by Gasteiger charge is 2.36. The molecule has 0 spiro atoms. The predicted molar refractivity (Wildman–Crippen MR) is 94.0 cm³/mol. The molecule has 2 fully saturated rings. The molecule has 25 heavy (non-hydrogen) atoms. The van der Waals surface area contributed by atoms with Gasteiger partial charge in [-0.25, -0.2) is 0 Å². The van der Waals surface area contributed by atoms with Gasteiger partial charge in [0.05, 0.1) is 13.0 Å². The third-order valence-electron chi connectivity index (χ3n) is 4.48. The topological polar surface area (TPSA) is 84.4 Å². The lowest BCUT2D eigenvalue weighted by Gasteiger charge is -2.16. The summed E-state index contributed by atoms with van der Waals surface area (Å²) in [7, 11) is 1.60. The minimum Gasteiger partial charge on any atom is -0.497 e. The molecule has 1 aromatic carbocycles. The van der Waals surface area contributed by atoms with Crippen LogP contribution in [0.4, 0.5) is 10.8 Å². The standard InChI is InChI=1S/C17H18N4O3S/c1-24-13-6-4-12(5-7-13)21-9-11(8-14(21)22)15(23)18-17-20-19-16(25-17)10-2-3-10/h4-7,10-11H,2-3,8-9H2,1H3,(H,18,20,23). The summed E-state index contributed by atoms with van der Waals surface area (Å²) in [6.45, 7) is 0.366. The largest absolute Gasteiger partial charge is 0.497 e. The van der Waals surface area contributed by atoms with Crippen LogP contribution in [-0.4, -0.2) is 35.7 Å². The lowest BCUT2D eigenvalue weighted by Crippen LogP contribution is -2.28. The van der Waals surface area contributed by atoms with Crippen LogP contribution in [0.2, 0.25) is 0 Å². The fourth-order valence-corrected chi connectivity index (χ4v) is 3.80. The smallest absolute Gasteiger partial charge is 0.231 e. The normalized spacial score (nSPS) is 20.0. The molecule has 130 valence electrons. The summed E-state index contributed by atoms with van der Waals surface area (Å²) >= 11 is 1.43. The number of nitrogens with one attached hydrogen (secondary N) is 1. The lowest BCUT2D eigenvalue weighted by atomic mass is 10.1. The highest BCUT2D eigenvalue weighted by Crippen LogP contribution is 2.42. The maximum atomic E-state index is 12.5. The van der Waals surface area contributed by atoms with Gasteiger partial charge in [0.15, 0.2) is 0 Å². The quantitative estimate of drug-likeness (QED) is 0.887. The zero-order valence-corrected chi connectivity index (χ0v) is 14.6. The Kier molecular flexibility index (Phi) is 4.12. The Bertz CT molecular complexity index is 800. The average molecular weight is 358 g/mol. The van der Waals surface area contributed by atoms with Crippen molar-refractivity contribution >= 4 is 34.0 Å². The Labute approximate surface area is 149 Å². The van der Waals surface area contributed by atoms with Gasteiger partial charge in [0.1, 0.15) is 10.8 Å². The molecule has 1 saturated heterocycles. The van der Waals surface area contributed by atoms with Crippen molar-refractivity contribution in [3.8, 4) is 5.75 Å². The molecule has 2 aliphatic rings. The number of benzene rings is 1. The van der Waals surface area contributed by atoms with Gasteiger partial charge in [-0.1, -0.05) is 11.3 Å². The highest BCUT2D eigenvalue weighted by atomic mass is 32.1. The molecule has 4 rings (SSSR count). The number of methoxy groups -OCH3 is 1. The van der Waals surface area contributed by atoms with Crippen LogP contribution < -0.4 is 15.0 Å². The van der Waals surface area contributed by atoms with E-state index in [1.54, 1.807) is 24.1 Å². The summed E-state index contributed by atoms with van der Waals surface area (Å²) < 4.78 is 5.13. The van der Waals surface area contributed by atoms with Gasteiger partial charge in [-0.3, -0.25) is 9.59 Å². The first kappa shape index (κ1) is 16.0. The Morgan fingerprint density at radius 2 is 2.04 bits per heavy atom. The molecule has 1 atom stereocenters. The molecule has 1 aliphatic heterocycles. The summed E-state index contributed by atoms with van der Waals surface area (Å²) in [5, 5.41) is 12.4. The molecule has 0 bridgehead atoms. The van der Waals surface area contributed by atoms with Gasteiger partial charge in [-0.05, 0) is 37.1 Å². The van der Waals surface area contributed by atoms with Gasteiger partial charge in [-0.15, -0.1) is 10.2 Å². The molecular weight excluding hydrogens is 340 g/mol. The van der Waals surface area contributed by atoms with E-state index in [9.17, 15) is 9.59 Å². The summed E-state index contributed by atoms with van der Waals surface area (Å²) in [6.07, 6.45) is 2.50. The zero-order valence-electron chi connectivity index (χ0n) is 13.8. The van der Waals surface area contributed by atoms with Crippen LogP contribution in [0.25, 0.3) is 0 Å². The van der Waals surface area contributed by atoms with Gasteiger partial charge in [0.2, 0.25) is 16.9 Å². The first-order valence-electron chi connectivity index (χ1n) is 8.22. The zero-order chi connectivity index (χ0) is 17.4. The minimum atomic E-state index is -0.386. The number of rotatable bonds is 5. The van der Waals surface area contributed by atoms with E-state index in [4.69, 9.17) is 4.74 Å². The number of hydrogen-bond acceptors (Lipinski definition) is 6. The number of carbonyl (C=O) groups excluding carboxylic acids is 2. The second kappa shape index (κ2) is 6.44. The van der Waals surface area contributed by atoms with E-state index in [-0.39, 0.29) is 24.2 Å². The summed E-state index contributed by atoms with van der Waals surface area (Å²) in [4.78, 5) is 26.4. The predicted octanol–water partition coefficient (Wildman–Crippen LogP) is 2.42. The third-order valence-corrected chi connectivity index (χ3v) is 5.48. The van der Waals surface area contributed by atoms with Crippen LogP contribution in [0, 0.1) is 5.92 Å². The van der Waals surface area contributed by atoms with Crippen molar-refractivity contribution in [2.75, 3.05) is 23.9 Å². The first-order valence-corrected chi connectivity index (χ1v) is 9.04. The van der Waals surface area contributed by atoms with Gasteiger partial charge in [-0.2, -0.15) is 0 Å². The Hall–Kier alpha value is -2.48. The molecule has 7 nitrogen and oxygen atoms in total. The number of carbonyl (C=O) groups is 2. The van der Waals surface area contributed by atoms with E-state index >= 15 is 0 Å². The lowest BCUT2D eigenvalue weighted by molar-refractivity contribution is -0.122. The summed E-state index contributed by atoms with van der Waals surface area (Å²) in [5.41, 5.74) is 0.771. The van der Waals surface area contributed by atoms with Crippen molar-refractivity contribution in [3.05, 3.63) is 29.3 Å². The summed E-state index contributed by atoms with van der Waals surface area (Å²) in [6, 6.07) is 7.25. The first-order chi connectivity index (χ1) is 12.1. The SMILES string of the molecule is COc1ccc(N2CC(C(=O)Nc3nnc(C4CC4)s3)CC2=O)cc1. The van der Waals surface area contributed by atoms with E-state index in [1.165, 1.54) is 11.3 Å². The molecule has 0 radical (unpaired) electrons. The monoisotopic (exact) mass is 358 g/mol. The fourth-order valence-electron chi connectivity index (χ4n) is 2.88. The van der Waals surface area contributed by atoms with Crippen LogP contribution in [-0.2, 0) is 9.59 Å². The molecule has 2 amide bonds. The second-order valence-electron chi connectivity index (χ2n) is 6.31. The van der Waals surface area contributed by atoms with E-state index in [0.717, 1.165) is 29.3 Å². The van der Waals surface area contributed by atoms with Crippen LogP contribution >= 0.6 is 11.3 Å². The van der Waals surface area contributed by atoms with Gasteiger partial charge >= 0.3 is 0 Å². The number of aromatic nitrogens is 2. The number of amides is 2. The van der Waals surface area contributed by atoms with E-state index in [0.29, 0.717) is 17.6 Å². The van der Waals surface area contributed by atoms with Crippen LogP contribution in [0.5, 0.6) is 5.75 Å². The highest BCUT2D eigenvalue weighted by molar-refractivity contribution is 7.15. The van der Waals surface area contributed by atoms with Gasteiger partial charge in [0.25, 0.3) is 0 Å². The third kappa shape index (κ3) is 3.34. The van der Waals surface area contributed by atoms with E-state index in [1.807, 2.05) is 12.1 Å². The molecule has 2 heterocycles. The maximum absolute atomic E-state index is 12.5. The van der Waals surface area contributed by atoms with E-state index in [2.05, 4.69) is 15.5 Å². The van der Waals surface area contributed by atoms with Crippen LogP contribution in [0.1, 0.15) is 30.2 Å². The van der Waals surface area contributed by atoms with Crippen LogP contribution in [0.3, 0.4) is 0 Å². The Morgan fingerprint density at radius 3 is 2.72 bits per heavy atom. The average Bonchev–Trinajstić information content (AvgIpc) is 3.25. The van der Waals surface area contributed by atoms with Gasteiger partial charge in [0, 0.05) is 24.6 Å². The van der Waals surface area contributed by atoms with Crippen molar-refractivity contribution < 1.29 is 14.3 Å². The van der Waals surface area contributed by atoms with Gasteiger partial charge < -0.3 is 15.0 Å². The molecule has 1 aromatic heterocycles. The number of nitrogens with zero attached hydrogens (tertiary/aromatic N) is 3. The molecule has 2 aromatic rings. The van der Waals surface area contributed by atoms with Crippen molar-refractivity contribution in [2.45, 2.75) is 25.2 Å². The Morgan fingerprint density at radius 1 is 1.28 bits per heavy atom. The maximum Gasteiger partial charge on any atom is 0.231 e. The second-order valence-corrected chi connectivity index (χ2v) is 7.32. The minimum absolute atomic E-state index is 0.0544. The molecule has 1 aliphatic carbocycles. The molecule has 1 unspecified atom stereocenters. The van der Waals surface area contributed by atoms with E-state index < -0.39 is 0 Å². The fraction of sp³-hybridized carbons (Fsp3) is 0.412. The van der Waals surface area contributed by atoms with Crippen molar-refractivity contribution in [1.82, 2.24) is 10.2 Å². The number of hydrogen-bond donors (Lipinski definition) is 1. The molecule has 1 saturated carbocycles. The number of anilines is 2.